The molecule has 0 amide bonds. The summed E-state index contributed by atoms with van der Waals surface area (Å²) in [5, 5.41) is 0. The van der Waals surface area contributed by atoms with Gasteiger partial charge in [-0.3, -0.25) is 4.79 Å². The highest BCUT2D eigenvalue weighted by Gasteiger charge is 2.54. The van der Waals surface area contributed by atoms with Crippen LogP contribution in [0.1, 0.15) is 40.5 Å². The summed E-state index contributed by atoms with van der Waals surface area (Å²) in [6.07, 6.45) is -6.76. The Morgan fingerprint density at radius 2 is 1.70 bits per heavy atom. The third kappa shape index (κ3) is 3.49. The van der Waals surface area contributed by atoms with Crippen molar-refractivity contribution >= 4 is 5.78 Å². The molecule has 1 heterocycles. The first-order chi connectivity index (χ1) is 8.80. The molecule has 3 unspecified atom stereocenters. The summed E-state index contributed by atoms with van der Waals surface area (Å²) in [6, 6.07) is 0. The van der Waals surface area contributed by atoms with Gasteiger partial charge in [-0.15, -0.1) is 0 Å². The zero-order valence-electron chi connectivity index (χ0n) is 12.1. The molecule has 0 radical (unpaired) electrons. The summed E-state index contributed by atoms with van der Waals surface area (Å²) in [6.45, 7) is 5.28. The van der Waals surface area contributed by atoms with Gasteiger partial charge < -0.3 is 10.5 Å². The van der Waals surface area contributed by atoms with E-state index in [2.05, 4.69) is 0 Å². The molecule has 0 saturated carbocycles. The fourth-order valence-electron chi connectivity index (χ4n) is 2.24. The highest BCUT2D eigenvalue weighted by atomic mass is 19.4. The molecule has 1 rings (SSSR count). The monoisotopic (exact) mass is 299 g/mol. The minimum absolute atomic E-state index is 0.170. The maximum absolute atomic E-state index is 13.5. The predicted octanol–water partition coefficient (Wildman–Crippen LogP) is 2.97. The molecule has 0 aliphatic carbocycles. The highest BCUT2D eigenvalue weighted by molar-refractivity contribution is 5.87. The largest absolute Gasteiger partial charge is 0.422 e. The molecule has 4 atom stereocenters. The Bertz CT molecular complexity index is 379. The molecule has 0 aromatic rings. The normalized spacial score (nSPS) is 27.9. The lowest BCUT2D eigenvalue weighted by Crippen LogP contribution is -2.40. The number of ketones is 1. The summed E-state index contributed by atoms with van der Waals surface area (Å²) < 4.78 is 55.8. The molecule has 1 fully saturated rings. The smallest absolute Gasteiger partial charge is 0.352 e. The van der Waals surface area contributed by atoms with E-state index in [9.17, 15) is 22.4 Å². The van der Waals surface area contributed by atoms with E-state index in [0.29, 0.717) is 6.92 Å². The Morgan fingerprint density at radius 1 is 1.25 bits per heavy atom. The van der Waals surface area contributed by atoms with Gasteiger partial charge in [-0.2, -0.15) is 13.2 Å². The van der Waals surface area contributed by atoms with E-state index in [0.717, 1.165) is 0 Å². The number of hydrogen-bond acceptors (Lipinski definition) is 3. The van der Waals surface area contributed by atoms with E-state index in [1.807, 2.05) is 0 Å². The number of carbonyl (C=O) groups is 1. The molecule has 118 valence electrons. The van der Waals surface area contributed by atoms with Gasteiger partial charge in [-0.1, -0.05) is 20.8 Å². The van der Waals surface area contributed by atoms with Crippen LogP contribution >= 0.6 is 0 Å². The summed E-state index contributed by atoms with van der Waals surface area (Å²) >= 11 is 0. The Labute approximate surface area is 115 Å². The second-order valence-corrected chi connectivity index (χ2v) is 6.24. The van der Waals surface area contributed by atoms with Crippen LogP contribution in [0.4, 0.5) is 17.6 Å². The van der Waals surface area contributed by atoms with Gasteiger partial charge in [-0.05, 0) is 19.8 Å². The molecule has 0 aromatic carbocycles. The van der Waals surface area contributed by atoms with Gasteiger partial charge in [0, 0.05) is 5.92 Å². The standard InChI is InChI=1S/C13H21F4NO2/c1-7(5-6-12(4,14)13(15,16)17)8(19)11(2,3)9-10(18)20-9/h7,9-10H,5-6,18H2,1-4H3/t7-,9?,10?,12?/m0/s1. The third-order valence-corrected chi connectivity index (χ3v) is 3.96. The van der Waals surface area contributed by atoms with Gasteiger partial charge in [0.25, 0.3) is 0 Å². The molecule has 0 spiro atoms. The van der Waals surface area contributed by atoms with E-state index in [4.69, 9.17) is 10.5 Å². The zero-order chi connectivity index (χ0) is 15.9. The first-order valence-electron chi connectivity index (χ1n) is 6.51. The van der Waals surface area contributed by atoms with Crippen molar-refractivity contribution in [2.45, 2.75) is 64.7 Å². The lowest BCUT2D eigenvalue weighted by molar-refractivity contribution is -0.226. The van der Waals surface area contributed by atoms with Crippen LogP contribution in [-0.4, -0.2) is 30.0 Å². The first kappa shape index (κ1) is 17.4. The van der Waals surface area contributed by atoms with E-state index < -0.39 is 41.9 Å². The fourth-order valence-corrected chi connectivity index (χ4v) is 2.24. The lowest BCUT2D eigenvalue weighted by atomic mass is 9.77. The van der Waals surface area contributed by atoms with Crippen molar-refractivity contribution in [1.29, 1.82) is 0 Å². The van der Waals surface area contributed by atoms with Gasteiger partial charge in [0.1, 0.15) is 18.1 Å². The molecular formula is C13H21F4NO2. The Balaban J connectivity index is 2.59. The zero-order valence-corrected chi connectivity index (χ0v) is 12.1. The van der Waals surface area contributed by atoms with Crippen LogP contribution in [0.5, 0.6) is 0 Å². The first-order valence-corrected chi connectivity index (χ1v) is 6.51. The topological polar surface area (TPSA) is 55.6 Å². The third-order valence-electron chi connectivity index (χ3n) is 3.96. The van der Waals surface area contributed by atoms with Crippen molar-refractivity contribution in [3.8, 4) is 0 Å². The summed E-state index contributed by atoms with van der Waals surface area (Å²) in [4.78, 5) is 12.2. The molecule has 7 heteroatoms. The van der Waals surface area contributed by atoms with Crippen LogP contribution in [0.25, 0.3) is 0 Å². The number of ether oxygens (including phenoxy) is 1. The SMILES string of the molecule is C[C@@H](CCC(C)(F)C(F)(F)F)C(=O)C(C)(C)C1OC1N. The fraction of sp³-hybridized carbons (Fsp3) is 0.923. The van der Waals surface area contributed by atoms with Gasteiger partial charge in [0.05, 0.1) is 5.41 Å². The van der Waals surface area contributed by atoms with Crippen molar-refractivity contribution in [3.63, 3.8) is 0 Å². The van der Waals surface area contributed by atoms with Crippen LogP contribution < -0.4 is 5.73 Å². The van der Waals surface area contributed by atoms with Crippen molar-refractivity contribution in [2.75, 3.05) is 0 Å². The second kappa shape index (κ2) is 5.26. The average Bonchev–Trinajstić information content (AvgIpc) is 3.01. The van der Waals surface area contributed by atoms with Crippen molar-refractivity contribution in [3.05, 3.63) is 0 Å². The number of nitrogens with two attached hydrogens (primary N) is 1. The van der Waals surface area contributed by atoms with Crippen LogP contribution in [-0.2, 0) is 9.53 Å². The predicted molar refractivity (Wildman–Crippen MR) is 65.6 cm³/mol. The van der Waals surface area contributed by atoms with Gasteiger partial charge in [-0.25, -0.2) is 4.39 Å². The van der Waals surface area contributed by atoms with E-state index in [1.165, 1.54) is 6.92 Å². The molecule has 1 saturated heterocycles. The van der Waals surface area contributed by atoms with Crippen molar-refractivity contribution in [1.82, 2.24) is 0 Å². The molecule has 0 bridgehead atoms. The number of hydrogen-bond donors (Lipinski definition) is 1. The molecule has 2 N–H and O–H groups in total. The maximum Gasteiger partial charge on any atom is 0.422 e. The van der Waals surface area contributed by atoms with Crippen LogP contribution in [0.15, 0.2) is 0 Å². The molecular weight excluding hydrogens is 278 g/mol. The number of epoxide rings is 1. The summed E-state index contributed by atoms with van der Waals surface area (Å²) in [5.74, 6) is -0.938. The number of rotatable bonds is 6. The second-order valence-electron chi connectivity index (χ2n) is 6.24. The number of Topliss-reactive ketones (excluding diaryl/α,β-unsaturated/α-hetero) is 1. The van der Waals surface area contributed by atoms with Gasteiger partial charge in [0.15, 0.2) is 0 Å². The lowest BCUT2D eigenvalue weighted by Gasteiger charge is -2.28. The van der Waals surface area contributed by atoms with Gasteiger partial charge >= 0.3 is 6.18 Å². The molecule has 20 heavy (non-hydrogen) atoms. The quantitative estimate of drug-likeness (QED) is 0.606. The molecule has 1 aliphatic heterocycles. The van der Waals surface area contributed by atoms with E-state index in [1.54, 1.807) is 13.8 Å². The minimum atomic E-state index is -4.92. The van der Waals surface area contributed by atoms with Crippen LogP contribution in [0.2, 0.25) is 0 Å². The average molecular weight is 299 g/mol. The number of halogens is 4. The Hall–Kier alpha value is -0.690. The molecule has 3 nitrogen and oxygen atoms in total. The Morgan fingerprint density at radius 3 is 2.05 bits per heavy atom. The van der Waals surface area contributed by atoms with E-state index in [-0.39, 0.29) is 12.2 Å². The summed E-state index contributed by atoms with van der Waals surface area (Å²) in [5.41, 5.74) is 1.36. The number of alkyl halides is 4. The van der Waals surface area contributed by atoms with Crippen LogP contribution in [0.3, 0.4) is 0 Å². The molecule has 1 aliphatic rings. The number of carbonyl (C=O) groups excluding carboxylic acids is 1. The molecule has 0 aromatic heterocycles. The minimum Gasteiger partial charge on any atom is -0.352 e. The summed E-state index contributed by atoms with van der Waals surface area (Å²) in [7, 11) is 0. The van der Waals surface area contributed by atoms with Crippen LogP contribution in [0, 0.1) is 11.3 Å². The van der Waals surface area contributed by atoms with Crippen molar-refractivity contribution in [2.24, 2.45) is 17.1 Å². The Kier molecular flexibility index (Phi) is 4.56. The maximum atomic E-state index is 13.5. The van der Waals surface area contributed by atoms with E-state index >= 15 is 0 Å². The van der Waals surface area contributed by atoms with Crippen molar-refractivity contribution < 1.29 is 27.1 Å². The van der Waals surface area contributed by atoms with Gasteiger partial charge in [0.2, 0.25) is 5.67 Å². The highest BCUT2D eigenvalue weighted by Crippen LogP contribution is 2.41.